The quantitative estimate of drug-likeness (QED) is 0.325. The number of nitrogens with one attached hydrogen (secondary N) is 2. The maximum absolute atomic E-state index is 14.8. The molecule has 1 aliphatic rings. The predicted octanol–water partition coefficient (Wildman–Crippen LogP) is 4.12. The number of ether oxygens (including phenoxy) is 1. The monoisotopic (exact) mass is 520 g/mol. The molecule has 1 aliphatic heterocycles. The highest BCUT2D eigenvalue weighted by atomic mass is 35.5. The lowest BCUT2D eigenvalue weighted by molar-refractivity contribution is 0.200. The molecule has 1 fully saturated rings. The van der Waals surface area contributed by atoms with E-state index in [9.17, 15) is 9.18 Å². The topological polar surface area (TPSA) is 135 Å². The molecule has 0 unspecified atom stereocenters. The van der Waals surface area contributed by atoms with E-state index < -0.39 is 5.82 Å². The first kappa shape index (κ1) is 24.3. The van der Waals surface area contributed by atoms with Crippen molar-refractivity contribution in [3.63, 3.8) is 0 Å². The Hall–Kier alpha value is -4.35. The van der Waals surface area contributed by atoms with Gasteiger partial charge in [-0.05, 0) is 24.3 Å². The molecule has 0 saturated carbocycles. The number of hydrogen-bond acceptors (Lipinski definition) is 7. The Morgan fingerprint density at radius 1 is 1.05 bits per heavy atom. The molecule has 2 amide bonds. The summed E-state index contributed by atoms with van der Waals surface area (Å²) < 4.78 is 20.4. The Kier molecular flexibility index (Phi) is 7.06. The molecule has 1 saturated heterocycles. The van der Waals surface area contributed by atoms with Crippen LogP contribution in [0.5, 0.6) is 11.8 Å². The van der Waals surface area contributed by atoms with Gasteiger partial charge in [-0.2, -0.15) is 0 Å². The summed E-state index contributed by atoms with van der Waals surface area (Å²) in [5, 5.41) is 4.20. The summed E-state index contributed by atoms with van der Waals surface area (Å²) in [6, 6.07) is 9.67. The molecule has 37 heavy (non-hydrogen) atoms. The number of carbonyl (C=O) groups is 1. The number of aromatic amines is 1. The van der Waals surface area contributed by atoms with Crippen molar-refractivity contribution in [2.24, 2.45) is 5.73 Å². The number of imidazole rings is 1. The zero-order valence-electron chi connectivity index (χ0n) is 19.5. The number of piperazine rings is 1. The van der Waals surface area contributed by atoms with Crippen molar-refractivity contribution < 1.29 is 13.9 Å². The number of pyridine rings is 1. The second-order valence-corrected chi connectivity index (χ2v) is 8.53. The summed E-state index contributed by atoms with van der Waals surface area (Å²) in [7, 11) is 0. The molecular weight excluding hydrogens is 499 g/mol. The van der Waals surface area contributed by atoms with Gasteiger partial charge < -0.3 is 25.7 Å². The molecule has 0 spiro atoms. The number of carbonyl (C=O) groups excluding carboxylic acids is 1. The number of fused-ring (bicyclic) bond motifs is 3. The standard InChI is InChI=1S/C20H11ClFN5O.C5H11N3O/c21-15-6-11(28-20-23-4-1-5-24-20)2-3-12(15)13-7-14-17(8-16(13)22)25-9-18-19(14)27-10-26-18;6-5(9)8-3-1-7-2-4-8/h1-10H,(H,26,27);7H,1-4H2,(H2,6,9). The van der Waals surface area contributed by atoms with Crippen molar-refractivity contribution in [3.8, 4) is 22.9 Å². The van der Waals surface area contributed by atoms with Crippen molar-refractivity contribution >= 4 is 39.6 Å². The molecule has 0 aliphatic carbocycles. The van der Waals surface area contributed by atoms with Gasteiger partial charge in [-0.1, -0.05) is 11.6 Å². The van der Waals surface area contributed by atoms with Crippen LogP contribution in [0.1, 0.15) is 0 Å². The Morgan fingerprint density at radius 3 is 2.54 bits per heavy atom. The molecule has 0 atom stereocenters. The number of halogens is 2. The molecule has 10 nitrogen and oxygen atoms in total. The van der Waals surface area contributed by atoms with Crippen LogP contribution in [0, 0.1) is 5.82 Å². The van der Waals surface area contributed by atoms with E-state index in [0.717, 1.165) is 42.6 Å². The van der Waals surface area contributed by atoms with Crippen LogP contribution in [0.3, 0.4) is 0 Å². The van der Waals surface area contributed by atoms with Gasteiger partial charge in [0.2, 0.25) is 0 Å². The van der Waals surface area contributed by atoms with Crippen LogP contribution in [0.15, 0.2) is 61.3 Å². The summed E-state index contributed by atoms with van der Waals surface area (Å²) in [6.07, 6.45) is 6.37. The average Bonchev–Trinajstić information content (AvgIpc) is 3.40. The van der Waals surface area contributed by atoms with Crippen molar-refractivity contribution in [1.29, 1.82) is 0 Å². The molecule has 3 aromatic heterocycles. The van der Waals surface area contributed by atoms with Gasteiger partial charge in [0, 0.05) is 67.2 Å². The minimum atomic E-state index is -0.420. The highest BCUT2D eigenvalue weighted by Gasteiger charge is 2.15. The number of rotatable bonds is 3. The van der Waals surface area contributed by atoms with E-state index in [-0.39, 0.29) is 12.0 Å². The molecular formula is C25H22ClFN8O2. The third-order valence-electron chi connectivity index (χ3n) is 5.75. The number of benzene rings is 2. The molecule has 5 aromatic rings. The van der Waals surface area contributed by atoms with Gasteiger partial charge in [0.15, 0.2) is 0 Å². The Labute approximate surface area is 215 Å². The van der Waals surface area contributed by atoms with Gasteiger partial charge in [0.1, 0.15) is 11.6 Å². The van der Waals surface area contributed by atoms with E-state index in [1.807, 2.05) is 0 Å². The normalized spacial score (nSPS) is 13.3. The highest BCUT2D eigenvalue weighted by Crippen LogP contribution is 2.36. The summed E-state index contributed by atoms with van der Waals surface area (Å²) in [5.41, 5.74) is 7.95. The van der Waals surface area contributed by atoms with Gasteiger partial charge in [-0.25, -0.2) is 24.1 Å². The van der Waals surface area contributed by atoms with Gasteiger partial charge in [-0.3, -0.25) is 4.98 Å². The molecule has 0 bridgehead atoms. The minimum Gasteiger partial charge on any atom is -0.424 e. The summed E-state index contributed by atoms with van der Waals surface area (Å²) in [4.78, 5) is 31.7. The molecule has 6 rings (SSSR count). The van der Waals surface area contributed by atoms with E-state index in [0.29, 0.717) is 27.4 Å². The van der Waals surface area contributed by atoms with Crippen LogP contribution >= 0.6 is 11.6 Å². The number of urea groups is 1. The smallest absolute Gasteiger partial charge is 0.321 e. The second-order valence-electron chi connectivity index (χ2n) is 8.12. The first-order valence-electron chi connectivity index (χ1n) is 11.4. The first-order chi connectivity index (χ1) is 18.0. The second kappa shape index (κ2) is 10.7. The molecule has 4 heterocycles. The fourth-order valence-corrected chi connectivity index (χ4v) is 4.20. The lowest BCUT2D eigenvalue weighted by Gasteiger charge is -2.25. The van der Waals surface area contributed by atoms with Gasteiger partial charge in [-0.15, -0.1) is 0 Å². The maximum Gasteiger partial charge on any atom is 0.321 e. The van der Waals surface area contributed by atoms with Crippen LogP contribution in [0.2, 0.25) is 5.02 Å². The van der Waals surface area contributed by atoms with Crippen LogP contribution in [-0.2, 0) is 0 Å². The largest absolute Gasteiger partial charge is 0.424 e. The average molecular weight is 521 g/mol. The molecule has 4 N–H and O–H groups in total. The maximum atomic E-state index is 14.8. The number of aromatic nitrogens is 5. The number of amides is 2. The van der Waals surface area contributed by atoms with E-state index in [1.165, 1.54) is 6.07 Å². The van der Waals surface area contributed by atoms with Crippen molar-refractivity contribution in [3.05, 3.63) is 72.2 Å². The molecule has 12 heteroatoms. The van der Waals surface area contributed by atoms with E-state index in [2.05, 4.69) is 30.2 Å². The van der Waals surface area contributed by atoms with E-state index in [1.54, 1.807) is 60.1 Å². The summed E-state index contributed by atoms with van der Waals surface area (Å²) >= 11 is 6.43. The van der Waals surface area contributed by atoms with Crippen LogP contribution in [-0.4, -0.2) is 62.0 Å². The SMILES string of the molecule is Fc1cc2ncc3[nH]cnc3c2cc1-c1ccc(Oc2ncccn2)cc1Cl.NC(=O)N1CCNCC1. The third-order valence-corrected chi connectivity index (χ3v) is 6.07. The lowest BCUT2D eigenvalue weighted by atomic mass is 10.0. The summed E-state index contributed by atoms with van der Waals surface area (Å²) in [5.74, 6) is 0.0364. The number of primary amides is 1. The van der Waals surface area contributed by atoms with E-state index in [4.69, 9.17) is 22.1 Å². The van der Waals surface area contributed by atoms with Crippen molar-refractivity contribution in [2.45, 2.75) is 0 Å². The zero-order valence-corrected chi connectivity index (χ0v) is 20.2. The van der Waals surface area contributed by atoms with Crippen LogP contribution in [0.4, 0.5) is 9.18 Å². The zero-order chi connectivity index (χ0) is 25.8. The fourth-order valence-electron chi connectivity index (χ4n) is 3.92. The number of hydrogen-bond donors (Lipinski definition) is 3. The summed E-state index contributed by atoms with van der Waals surface area (Å²) in [6.45, 7) is 3.22. The van der Waals surface area contributed by atoms with Crippen LogP contribution in [0.25, 0.3) is 33.1 Å². The number of H-pyrrole nitrogens is 1. The number of nitrogens with two attached hydrogens (primary N) is 1. The predicted molar refractivity (Wildman–Crippen MR) is 138 cm³/mol. The Bertz CT molecular complexity index is 1560. The van der Waals surface area contributed by atoms with Crippen LogP contribution < -0.4 is 15.8 Å². The van der Waals surface area contributed by atoms with Gasteiger partial charge in [0.05, 0.1) is 34.1 Å². The van der Waals surface area contributed by atoms with Gasteiger partial charge in [0.25, 0.3) is 0 Å². The molecule has 188 valence electrons. The molecule has 0 radical (unpaired) electrons. The van der Waals surface area contributed by atoms with Crippen molar-refractivity contribution in [2.75, 3.05) is 26.2 Å². The van der Waals surface area contributed by atoms with Gasteiger partial charge >= 0.3 is 12.0 Å². The first-order valence-corrected chi connectivity index (χ1v) is 11.8. The van der Waals surface area contributed by atoms with E-state index >= 15 is 0 Å². The fraction of sp³-hybridized carbons (Fsp3) is 0.160. The Morgan fingerprint density at radius 2 is 1.84 bits per heavy atom. The lowest BCUT2D eigenvalue weighted by Crippen LogP contribution is -2.48. The van der Waals surface area contributed by atoms with Crippen molar-refractivity contribution in [1.82, 2.24) is 35.1 Å². The highest BCUT2D eigenvalue weighted by molar-refractivity contribution is 6.33. The molecule has 2 aromatic carbocycles. The number of nitrogens with zero attached hydrogens (tertiary/aromatic N) is 5. The minimum absolute atomic E-state index is 0.204. The Balaban J connectivity index is 0.000000265. The third kappa shape index (κ3) is 5.42.